The maximum absolute atomic E-state index is 16.2. The molecular weight excluding hydrogens is 686 g/mol. The number of aromatic nitrogens is 2. The number of nitrogens with two attached hydrogens (primary N) is 1. The van der Waals surface area contributed by atoms with Crippen LogP contribution in [-0.4, -0.2) is 79.6 Å². The molecule has 2 heterocycles. The minimum Gasteiger partial charge on any atom is -0.497 e. The van der Waals surface area contributed by atoms with Crippen LogP contribution in [0.1, 0.15) is 44.9 Å². The minimum atomic E-state index is -1.41. The van der Waals surface area contributed by atoms with Crippen LogP contribution in [0.25, 0.3) is 0 Å². The van der Waals surface area contributed by atoms with E-state index in [9.17, 15) is 14.0 Å². The van der Waals surface area contributed by atoms with E-state index in [1.807, 2.05) is 0 Å². The third kappa shape index (κ3) is 10.5. The molecule has 0 saturated heterocycles. The average molecular weight is 727 g/mol. The van der Waals surface area contributed by atoms with Gasteiger partial charge in [-0.25, -0.2) is 38.3 Å². The molecule has 1 aromatic heterocycles. The molecule has 1 unspecified atom stereocenters. The van der Waals surface area contributed by atoms with Gasteiger partial charge >= 0.3 is 12.2 Å². The summed E-state index contributed by atoms with van der Waals surface area (Å²) in [5.74, 6) is -0.359. The highest BCUT2D eigenvalue weighted by Crippen LogP contribution is 2.35. The van der Waals surface area contributed by atoms with Gasteiger partial charge in [0.05, 0.1) is 13.7 Å². The lowest BCUT2D eigenvalue weighted by molar-refractivity contribution is -0.0946. The van der Waals surface area contributed by atoms with Crippen LogP contribution in [0.3, 0.4) is 0 Å². The van der Waals surface area contributed by atoms with E-state index < -0.39 is 49.5 Å². The number of carbonyl (C=O) groups excluding carboxylic acids is 2. The van der Waals surface area contributed by atoms with Gasteiger partial charge < -0.3 is 34.7 Å². The van der Waals surface area contributed by atoms with Gasteiger partial charge in [-0.15, -0.1) is 0 Å². The van der Waals surface area contributed by atoms with Crippen LogP contribution in [0.2, 0.25) is 0 Å². The molecule has 52 heavy (non-hydrogen) atoms. The molecule has 4 rings (SSSR count). The lowest BCUT2D eigenvalue weighted by atomic mass is 10.0. The number of rotatable bonds is 16. The van der Waals surface area contributed by atoms with E-state index in [-0.39, 0.29) is 42.1 Å². The summed E-state index contributed by atoms with van der Waals surface area (Å²) in [6, 6.07) is 9.85. The van der Waals surface area contributed by atoms with Gasteiger partial charge in [-0.05, 0) is 69.7 Å². The van der Waals surface area contributed by atoms with Gasteiger partial charge in [-0.3, -0.25) is 10.2 Å². The second-order valence-corrected chi connectivity index (χ2v) is 11.7. The maximum Gasteiger partial charge on any atom is 0.511 e. The Bertz CT molecular complexity index is 1780. The number of methoxy groups -OCH3 is 1. The Hall–Kier alpha value is -6.04. The Morgan fingerprint density at radius 3 is 2.52 bits per heavy atom. The van der Waals surface area contributed by atoms with Gasteiger partial charge in [0.25, 0.3) is 6.35 Å². The predicted octanol–water partition coefficient (Wildman–Crippen LogP) is 5.18. The normalized spacial score (nSPS) is 14.8. The van der Waals surface area contributed by atoms with Crippen LogP contribution in [0.4, 0.5) is 30.0 Å². The number of benzene rings is 2. The molecule has 1 aliphatic heterocycles. The molecule has 0 fully saturated rings. The van der Waals surface area contributed by atoms with Crippen LogP contribution < -0.4 is 31.0 Å². The molecule has 3 aromatic rings. The summed E-state index contributed by atoms with van der Waals surface area (Å²) in [4.78, 5) is 41.1. The molecule has 278 valence electrons. The summed E-state index contributed by atoms with van der Waals surface area (Å²) in [5, 5.41) is 4.57. The maximum atomic E-state index is 16.2. The molecule has 0 radical (unpaired) electrons. The number of hydrazine groups is 1. The highest BCUT2D eigenvalue weighted by Gasteiger charge is 2.36. The van der Waals surface area contributed by atoms with Crippen molar-refractivity contribution >= 4 is 35.6 Å². The van der Waals surface area contributed by atoms with Crippen molar-refractivity contribution in [1.82, 2.24) is 15.4 Å². The molecule has 0 spiro atoms. The predicted molar refractivity (Wildman–Crippen MR) is 186 cm³/mol. The highest BCUT2D eigenvalue weighted by atomic mass is 19.1. The van der Waals surface area contributed by atoms with Crippen molar-refractivity contribution < 1.29 is 46.8 Å². The molecule has 16 nitrogen and oxygen atoms in total. The van der Waals surface area contributed by atoms with Crippen molar-refractivity contribution in [3.63, 3.8) is 0 Å². The number of hydrogen-bond acceptors (Lipinski definition) is 14. The van der Waals surface area contributed by atoms with Gasteiger partial charge in [0.2, 0.25) is 5.95 Å². The number of anilines is 2. The number of amides is 1. The molecule has 1 amide bonds. The van der Waals surface area contributed by atoms with Crippen molar-refractivity contribution in [2.45, 2.75) is 45.7 Å². The van der Waals surface area contributed by atoms with E-state index in [1.54, 1.807) is 44.2 Å². The SMILES string of the molecule is C=C(C)COC(=O)N=C(N)c1ccc(NC(C2=N[C@@H](OCOC(=O)OC(C)(C)CF)N(c3ncccn3)N2)c2cc(OC)cc(OCC)c2F)cc1. The van der Waals surface area contributed by atoms with E-state index in [0.29, 0.717) is 22.6 Å². The Morgan fingerprint density at radius 1 is 1.17 bits per heavy atom. The topological polar surface area (TPSA) is 193 Å². The first-order valence-electron chi connectivity index (χ1n) is 15.8. The Kier molecular flexibility index (Phi) is 13.2. The van der Waals surface area contributed by atoms with Gasteiger partial charge in [0, 0.05) is 35.3 Å². The Morgan fingerprint density at radius 2 is 1.88 bits per heavy atom. The lowest BCUT2D eigenvalue weighted by Gasteiger charge is -2.25. The first-order valence-corrected chi connectivity index (χ1v) is 15.8. The fourth-order valence-electron chi connectivity index (χ4n) is 4.38. The van der Waals surface area contributed by atoms with Crippen LogP contribution in [0.15, 0.2) is 77.0 Å². The van der Waals surface area contributed by atoms with Gasteiger partial charge in [-0.2, -0.15) is 4.99 Å². The summed E-state index contributed by atoms with van der Waals surface area (Å²) in [5.41, 5.74) is 9.25. The monoisotopic (exact) mass is 726 g/mol. The van der Waals surface area contributed by atoms with E-state index >= 15 is 4.39 Å². The highest BCUT2D eigenvalue weighted by molar-refractivity contribution is 6.03. The number of nitrogens with one attached hydrogen (secondary N) is 2. The summed E-state index contributed by atoms with van der Waals surface area (Å²) >= 11 is 0. The first kappa shape index (κ1) is 38.8. The third-order valence-corrected chi connectivity index (χ3v) is 6.85. The third-order valence-electron chi connectivity index (χ3n) is 6.85. The number of aliphatic imine (C=N–C) groups is 2. The molecule has 2 atom stereocenters. The smallest absolute Gasteiger partial charge is 0.497 e. The fourth-order valence-corrected chi connectivity index (χ4v) is 4.38. The molecule has 0 aliphatic carbocycles. The van der Waals surface area contributed by atoms with Crippen molar-refractivity contribution in [3.8, 4) is 11.5 Å². The lowest BCUT2D eigenvalue weighted by Crippen LogP contribution is -2.45. The van der Waals surface area contributed by atoms with Crippen molar-refractivity contribution in [2.75, 3.05) is 44.1 Å². The van der Waals surface area contributed by atoms with Crippen molar-refractivity contribution in [1.29, 1.82) is 0 Å². The summed E-state index contributed by atoms with van der Waals surface area (Å²) < 4.78 is 61.0. The zero-order chi connectivity index (χ0) is 37.8. The Balaban J connectivity index is 1.69. The molecular formula is C34H40F2N8O8. The molecule has 2 aromatic carbocycles. The number of amidine groups is 2. The largest absolute Gasteiger partial charge is 0.511 e. The van der Waals surface area contributed by atoms with E-state index in [4.69, 9.17) is 34.2 Å². The average Bonchev–Trinajstić information content (AvgIpc) is 3.55. The van der Waals surface area contributed by atoms with Gasteiger partial charge in [0.15, 0.2) is 18.4 Å². The Labute approximate surface area is 298 Å². The fraction of sp³-hybridized carbons (Fsp3) is 0.353. The quantitative estimate of drug-likeness (QED) is 0.0575. The zero-order valence-corrected chi connectivity index (χ0v) is 29.2. The number of alkyl halides is 1. The molecule has 18 heteroatoms. The van der Waals surface area contributed by atoms with Crippen molar-refractivity contribution in [2.24, 2.45) is 15.7 Å². The van der Waals surface area contributed by atoms with E-state index in [2.05, 4.69) is 37.3 Å². The summed E-state index contributed by atoms with van der Waals surface area (Å²) in [6.45, 7) is 8.41. The van der Waals surface area contributed by atoms with Crippen molar-refractivity contribution in [3.05, 3.63) is 84.0 Å². The number of halogens is 2. The molecule has 4 N–H and O–H groups in total. The number of nitrogens with zero attached hydrogens (tertiary/aromatic N) is 5. The van der Waals surface area contributed by atoms with E-state index in [0.717, 1.165) is 0 Å². The van der Waals surface area contributed by atoms with Crippen LogP contribution in [-0.2, 0) is 18.9 Å². The number of ether oxygens (including phenoxy) is 6. The van der Waals surface area contributed by atoms with Crippen LogP contribution >= 0.6 is 0 Å². The zero-order valence-electron chi connectivity index (χ0n) is 29.2. The minimum absolute atomic E-state index is 0.00170. The summed E-state index contributed by atoms with van der Waals surface area (Å²) in [7, 11) is 1.43. The second kappa shape index (κ2) is 17.8. The van der Waals surface area contributed by atoms with Crippen LogP contribution in [0, 0.1) is 5.82 Å². The van der Waals surface area contributed by atoms with Crippen LogP contribution in [0.5, 0.6) is 11.5 Å². The van der Waals surface area contributed by atoms with Gasteiger partial charge in [0.1, 0.15) is 42.3 Å². The molecule has 1 aliphatic rings. The second-order valence-electron chi connectivity index (χ2n) is 11.7. The molecule has 0 bridgehead atoms. The first-order chi connectivity index (χ1) is 24.8. The van der Waals surface area contributed by atoms with Gasteiger partial charge in [-0.1, -0.05) is 6.58 Å². The number of hydrogen-bond donors (Lipinski definition) is 3. The van der Waals surface area contributed by atoms with E-state index in [1.165, 1.54) is 50.5 Å². The molecule has 0 saturated carbocycles. The summed E-state index contributed by atoms with van der Waals surface area (Å²) in [6.07, 6.45) is -0.337. The number of carbonyl (C=O) groups is 2. The standard InChI is InChI=1S/C34H40F2N8O8/c1-7-48-25-16-23(47-6)15-24(26(25)36)27(40-22-11-9-21(10-12-22)28(37)41-32(45)49-17-20(2)3)29-42-31(44(43-29)30-38-13-8-14-39-30)50-19-51-33(46)52-34(4,5)18-35/h8-16,27,31,40H,2,7,17-19H2,1,3-6H3,(H,42,43)(H2,37,41,45)/t27?,31-/m1/s1.